The Balaban J connectivity index is 2.87. The topological polar surface area (TPSA) is 71.4 Å². The molecule has 0 amide bonds. The van der Waals surface area contributed by atoms with Crippen molar-refractivity contribution in [2.45, 2.75) is 30.8 Å². The normalized spacial score (nSPS) is 12.5. The van der Waals surface area contributed by atoms with Crippen LogP contribution in [0.5, 0.6) is 0 Å². The Labute approximate surface area is 101 Å². The first-order valence-corrected chi connectivity index (χ1v) is 7.04. The molecule has 1 aromatic carbocycles. The number of aliphatic hydroxyl groups is 1. The van der Waals surface area contributed by atoms with Crippen LogP contribution in [0.25, 0.3) is 0 Å². The molecule has 5 heteroatoms. The summed E-state index contributed by atoms with van der Waals surface area (Å²) in [6.45, 7) is 2.86. The summed E-state index contributed by atoms with van der Waals surface area (Å²) in [5, 5.41) is 9.49. The van der Waals surface area contributed by atoms with E-state index in [1.807, 2.05) is 0 Å². The second kappa shape index (κ2) is 4.58. The number of hydrogen-bond donors (Lipinski definition) is 1. The van der Waals surface area contributed by atoms with Crippen LogP contribution in [0.4, 0.5) is 0 Å². The summed E-state index contributed by atoms with van der Waals surface area (Å²) < 4.78 is 22.4. The van der Waals surface area contributed by atoms with Crippen LogP contribution in [0.2, 0.25) is 0 Å². The van der Waals surface area contributed by atoms with Gasteiger partial charge in [0.25, 0.3) is 0 Å². The van der Waals surface area contributed by atoms with Crippen molar-refractivity contribution in [2.75, 3.05) is 6.26 Å². The summed E-state index contributed by atoms with van der Waals surface area (Å²) in [6.07, 6.45) is 1.22. The molecule has 1 rings (SSSR count). The number of ketones is 1. The maximum absolute atomic E-state index is 11.5. The van der Waals surface area contributed by atoms with Gasteiger partial charge in [-0.15, -0.1) is 0 Å². The molecule has 0 aliphatic carbocycles. The number of carbonyl (C=O) groups excluding carboxylic acids is 1. The zero-order chi connectivity index (χ0) is 13.3. The van der Waals surface area contributed by atoms with Crippen molar-refractivity contribution < 1.29 is 18.3 Å². The summed E-state index contributed by atoms with van der Waals surface area (Å²) in [4.78, 5) is 11.8. The standard InChI is InChI=1S/C12H16O4S/c1-12(2,14)11(13)8-9-4-6-10(7-5-9)17(3,15)16/h4-7,14H,8H2,1-3H3. The number of sulfone groups is 1. The van der Waals surface area contributed by atoms with Gasteiger partial charge in [0.1, 0.15) is 5.60 Å². The van der Waals surface area contributed by atoms with Crippen LogP contribution in [-0.2, 0) is 21.1 Å². The van der Waals surface area contributed by atoms with Crippen LogP contribution in [0, 0.1) is 0 Å². The van der Waals surface area contributed by atoms with Crippen LogP contribution < -0.4 is 0 Å². The van der Waals surface area contributed by atoms with Crippen molar-refractivity contribution in [1.29, 1.82) is 0 Å². The van der Waals surface area contributed by atoms with Gasteiger partial charge in [0.2, 0.25) is 0 Å². The minimum atomic E-state index is -3.21. The van der Waals surface area contributed by atoms with E-state index >= 15 is 0 Å². The quantitative estimate of drug-likeness (QED) is 0.871. The third kappa shape index (κ3) is 3.94. The van der Waals surface area contributed by atoms with Gasteiger partial charge in [-0.05, 0) is 31.5 Å². The summed E-state index contributed by atoms with van der Waals surface area (Å²) in [7, 11) is -3.21. The van der Waals surface area contributed by atoms with Crippen LogP contribution in [0.3, 0.4) is 0 Å². The van der Waals surface area contributed by atoms with Gasteiger partial charge in [-0.25, -0.2) is 8.42 Å². The van der Waals surface area contributed by atoms with Crippen LogP contribution in [-0.4, -0.2) is 31.2 Å². The van der Waals surface area contributed by atoms with Gasteiger partial charge in [0.05, 0.1) is 4.90 Å². The molecule has 1 aromatic rings. The molecule has 0 aliphatic heterocycles. The van der Waals surface area contributed by atoms with Crippen molar-refractivity contribution >= 4 is 15.6 Å². The highest BCUT2D eigenvalue weighted by molar-refractivity contribution is 7.90. The SMILES string of the molecule is CC(C)(O)C(=O)Cc1ccc(S(C)(=O)=O)cc1. The monoisotopic (exact) mass is 256 g/mol. The highest BCUT2D eigenvalue weighted by Gasteiger charge is 2.23. The largest absolute Gasteiger partial charge is 0.383 e. The molecule has 4 nitrogen and oxygen atoms in total. The van der Waals surface area contributed by atoms with Crippen molar-refractivity contribution in [2.24, 2.45) is 0 Å². The molecule has 0 fully saturated rings. The third-order valence-electron chi connectivity index (χ3n) is 2.40. The van der Waals surface area contributed by atoms with Gasteiger partial charge in [-0.1, -0.05) is 12.1 Å². The van der Waals surface area contributed by atoms with Gasteiger partial charge >= 0.3 is 0 Å². The average Bonchev–Trinajstić information content (AvgIpc) is 2.15. The molecule has 0 spiro atoms. The fourth-order valence-corrected chi connectivity index (χ4v) is 1.89. The fourth-order valence-electron chi connectivity index (χ4n) is 1.26. The number of hydrogen-bond acceptors (Lipinski definition) is 4. The summed E-state index contributed by atoms with van der Waals surface area (Å²) in [6, 6.07) is 6.09. The fraction of sp³-hybridized carbons (Fsp3) is 0.417. The lowest BCUT2D eigenvalue weighted by molar-refractivity contribution is -0.133. The smallest absolute Gasteiger partial charge is 0.175 e. The van der Waals surface area contributed by atoms with Crippen LogP contribution in [0.15, 0.2) is 29.2 Å². The molecule has 94 valence electrons. The maximum atomic E-state index is 11.5. The van der Waals surface area contributed by atoms with E-state index in [2.05, 4.69) is 0 Å². The molecular formula is C12H16O4S. The third-order valence-corrected chi connectivity index (χ3v) is 3.53. The molecule has 0 bridgehead atoms. The van der Waals surface area contributed by atoms with E-state index in [0.29, 0.717) is 5.56 Å². The number of Topliss-reactive ketones (excluding diaryl/α,β-unsaturated/α-hetero) is 1. The number of rotatable bonds is 4. The lowest BCUT2D eigenvalue weighted by Crippen LogP contribution is -2.32. The molecule has 0 aromatic heterocycles. The lowest BCUT2D eigenvalue weighted by atomic mass is 9.97. The minimum Gasteiger partial charge on any atom is -0.383 e. The molecule has 0 unspecified atom stereocenters. The number of carbonyl (C=O) groups is 1. The Morgan fingerprint density at radius 1 is 1.24 bits per heavy atom. The maximum Gasteiger partial charge on any atom is 0.175 e. The predicted octanol–water partition coefficient (Wildman–Crippen LogP) is 0.973. The molecule has 17 heavy (non-hydrogen) atoms. The first-order chi connectivity index (χ1) is 7.60. The molecule has 0 atom stereocenters. The van der Waals surface area contributed by atoms with Gasteiger partial charge in [0, 0.05) is 12.7 Å². The molecule has 0 saturated heterocycles. The Hall–Kier alpha value is -1.20. The molecular weight excluding hydrogens is 240 g/mol. The highest BCUT2D eigenvalue weighted by atomic mass is 32.2. The Bertz CT molecular complexity index is 506. The van der Waals surface area contributed by atoms with Gasteiger partial charge < -0.3 is 5.11 Å². The van der Waals surface area contributed by atoms with E-state index in [1.54, 1.807) is 12.1 Å². The summed E-state index contributed by atoms with van der Waals surface area (Å²) in [5.74, 6) is -0.301. The van der Waals surface area contributed by atoms with E-state index in [-0.39, 0.29) is 17.1 Å². The first-order valence-electron chi connectivity index (χ1n) is 5.15. The van der Waals surface area contributed by atoms with E-state index in [1.165, 1.54) is 26.0 Å². The predicted molar refractivity (Wildman–Crippen MR) is 64.6 cm³/mol. The zero-order valence-corrected chi connectivity index (χ0v) is 10.9. The van der Waals surface area contributed by atoms with Crippen molar-refractivity contribution in [3.05, 3.63) is 29.8 Å². The molecule has 0 aliphatic rings. The minimum absolute atomic E-state index is 0.0908. The first kappa shape index (κ1) is 13.9. The Kier molecular flexibility index (Phi) is 3.74. The average molecular weight is 256 g/mol. The summed E-state index contributed by atoms with van der Waals surface area (Å²) in [5.41, 5.74) is -0.681. The van der Waals surface area contributed by atoms with Crippen LogP contribution in [0.1, 0.15) is 19.4 Å². The summed E-state index contributed by atoms with van der Waals surface area (Å²) >= 11 is 0. The van der Waals surface area contributed by atoms with Gasteiger partial charge in [0.15, 0.2) is 15.6 Å². The zero-order valence-electron chi connectivity index (χ0n) is 10.1. The van der Waals surface area contributed by atoms with E-state index in [9.17, 15) is 18.3 Å². The Morgan fingerprint density at radius 3 is 2.06 bits per heavy atom. The molecule has 0 saturated carbocycles. The van der Waals surface area contributed by atoms with Crippen molar-refractivity contribution in [3.8, 4) is 0 Å². The van der Waals surface area contributed by atoms with Gasteiger partial charge in [-0.2, -0.15) is 0 Å². The molecule has 0 radical (unpaired) electrons. The van der Waals surface area contributed by atoms with E-state index < -0.39 is 15.4 Å². The second-order valence-electron chi connectivity index (χ2n) is 4.58. The number of benzene rings is 1. The van der Waals surface area contributed by atoms with E-state index in [0.717, 1.165) is 6.26 Å². The van der Waals surface area contributed by atoms with Gasteiger partial charge in [-0.3, -0.25) is 4.79 Å². The molecule has 1 N–H and O–H groups in total. The highest BCUT2D eigenvalue weighted by Crippen LogP contribution is 2.13. The van der Waals surface area contributed by atoms with Crippen LogP contribution >= 0.6 is 0 Å². The lowest BCUT2D eigenvalue weighted by Gasteiger charge is -2.15. The Morgan fingerprint density at radius 2 is 1.71 bits per heavy atom. The van der Waals surface area contributed by atoms with Crippen molar-refractivity contribution in [1.82, 2.24) is 0 Å². The second-order valence-corrected chi connectivity index (χ2v) is 6.59. The molecule has 0 heterocycles. The van der Waals surface area contributed by atoms with E-state index in [4.69, 9.17) is 0 Å². The van der Waals surface area contributed by atoms with Crippen molar-refractivity contribution in [3.63, 3.8) is 0 Å².